The van der Waals surface area contributed by atoms with Gasteiger partial charge in [-0.3, -0.25) is 4.90 Å². The van der Waals surface area contributed by atoms with Gasteiger partial charge in [0.05, 0.1) is 0 Å². The second kappa shape index (κ2) is 5.67. The normalized spacial score (nSPS) is 28.9. The van der Waals surface area contributed by atoms with Crippen LogP contribution in [0.25, 0.3) is 0 Å². The fourth-order valence-electron chi connectivity index (χ4n) is 2.90. The van der Waals surface area contributed by atoms with Gasteiger partial charge < -0.3 is 14.7 Å². The molecule has 1 amide bonds. The van der Waals surface area contributed by atoms with Gasteiger partial charge in [-0.2, -0.15) is 0 Å². The lowest BCUT2D eigenvalue weighted by Gasteiger charge is -2.46. The van der Waals surface area contributed by atoms with Crippen LogP contribution >= 0.6 is 0 Å². The Labute approximate surface area is 115 Å². The number of piperazine rings is 1. The number of ether oxygens (including phenoxy) is 1. The summed E-state index contributed by atoms with van der Waals surface area (Å²) < 4.78 is 5.43. The minimum absolute atomic E-state index is 0.198. The third-order valence-corrected chi connectivity index (χ3v) is 3.92. The fourth-order valence-corrected chi connectivity index (χ4v) is 2.90. The molecule has 110 valence electrons. The lowest BCUT2D eigenvalue weighted by molar-refractivity contribution is -0.0132. The number of rotatable bonds is 1. The highest BCUT2D eigenvalue weighted by Gasteiger charge is 2.35. The van der Waals surface area contributed by atoms with Crippen molar-refractivity contribution in [1.82, 2.24) is 9.80 Å². The summed E-state index contributed by atoms with van der Waals surface area (Å²) >= 11 is 0. The molecule has 0 saturated carbocycles. The van der Waals surface area contributed by atoms with Crippen molar-refractivity contribution in [2.45, 2.75) is 45.3 Å². The number of aliphatic hydroxyl groups excluding tert-OH is 1. The van der Waals surface area contributed by atoms with Gasteiger partial charge >= 0.3 is 6.09 Å². The number of nitrogens with zero attached hydrogens (tertiary/aromatic N) is 2. The summed E-state index contributed by atoms with van der Waals surface area (Å²) in [4.78, 5) is 16.3. The first-order valence-electron chi connectivity index (χ1n) is 7.22. The van der Waals surface area contributed by atoms with Crippen molar-refractivity contribution in [2.24, 2.45) is 5.92 Å². The Hall–Kier alpha value is -0.810. The molecule has 0 unspecified atom stereocenters. The van der Waals surface area contributed by atoms with E-state index in [9.17, 15) is 9.90 Å². The molecule has 2 saturated heterocycles. The average Bonchev–Trinajstić information content (AvgIpc) is 2.35. The molecule has 0 aliphatic carbocycles. The Bertz CT molecular complexity index is 327. The summed E-state index contributed by atoms with van der Waals surface area (Å²) in [5.41, 5.74) is -0.428. The molecular weight excluding hydrogens is 244 g/mol. The molecule has 2 aliphatic rings. The number of carbonyl (C=O) groups excluding carboxylic acids is 1. The number of carbonyl (C=O) groups is 1. The Morgan fingerprint density at radius 1 is 1.26 bits per heavy atom. The molecule has 1 N–H and O–H groups in total. The van der Waals surface area contributed by atoms with Crippen LogP contribution < -0.4 is 0 Å². The van der Waals surface area contributed by atoms with Crippen LogP contribution in [-0.2, 0) is 4.74 Å². The maximum atomic E-state index is 12.1. The first kappa shape index (κ1) is 14.6. The molecule has 2 rings (SSSR count). The molecule has 2 fully saturated rings. The molecule has 5 nitrogen and oxygen atoms in total. The highest BCUT2D eigenvalue weighted by molar-refractivity contribution is 5.68. The van der Waals surface area contributed by atoms with Crippen LogP contribution in [-0.4, -0.2) is 65.4 Å². The SMILES string of the molecule is CC(C)(C)OC(=O)N1CCN2C[C@H](CO)CC[C@H]2C1. The lowest BCUT2D eigenvalue weighted by Crippen LogP contribution is -2.58. The highest BCUT2D eigenvalue weighted by atomic mass is 16.6. The predicted molar refractivity (Wildman–Crippen MR) is 73.0 cm³/mol. The molecule has 0 aromatic rings. The highest BCUT2D eigenvalue weighted by Crippen LogP contribution is 2.25. The zero-order valence-electron chi connectivity index (χ0n) is 12.3. The summed E-state index contributed by atoms with van der Waals surface area (Å²) in [6, 6.07) is 0.434. The zero-order valence-corrected chi connectivity index (χ0v) is 12.3. The third-order valence-electron chi connectivity index (χ3n) is 3.92. The van der Waals surface area contributed by atoms with Crippen molar-refractivity contribution in [3.05, 3.63) is 0 Å². The van der Waals surface area contributed by atoms with E-state index in [0.29, 0.717) is 12.0 Å². The number of amides is 1. The van der Waals surface area contributed by atoms with Crippen molar-refractivity contribution in [1.29, 1.82) is 0 Å². The maximum absolute atomic E-state index is 12.1. The molecule has 2 atom stereocenters. The molecule has 0 bridgehead atoms. The third kappa shape index (κ3) is 3.83. The van der Waals surface area contributed by atoms with Gasteiger partial charge in [-0.1, -0.05) is 0 Å². The van der Waals surface area contributed by atoms with Crippen LogP contribution in [0.2, 0.25) is 0 Å². The fraction of sp³-hybridized carbons (Fsp3) is 0.929. The molecule has 0 spiro atoms. The van der Waals surface area contributed by atoms with E-state index in [4.69, 9.17) is 4.74 Å². The first-order valence-corrected chi connectivity index (χ1v) is 7.22. The Kier molecular flexibility index (Phi) is 4.36. The molecular formula is C14H26N2O3. The van der Waals surface area contributed by atoms with E-state index in [1.54, 1.807) is 0 Å². The van der Waals surface area contributed by atoms with E-state index in [1.165, 1.54) is 0 Å². The van der Waals surface area contributed by atoms with Gasteiger partial charge in [-0.25, -0.2) is 4.79 Å². The van der Waals surface area contributed by atoms with Crippen molar-refractivity contribution >= 4 is 6.09 Å². The van der Waals surface area contributed by atoms with E-state index in [-0.39, 0.29) is 12.7 Å². The second-order valence-corrected chi connectivity index (χ2v) is 6.70. The van der Waals surface area contributed by atoms with Gasteiger partial charge in [0.1, 0.15) is 5.60 Å². The second-order valence-electron chi connectivity index (χ2n) is 6.70. The van der Waals surface area contributed by atoms with E-state index < -0.39 is 5.60 Å². The largest absolute Gasteiger partial charge is 0.444 e. The minimum Gasteiger partial charge on any atom is -0.444 e. The Morgan fingerprint density at radius 2 is 2.00 bits per heavy atom. The van der Waals surface area contributed by atoms with Gasteiger partial charge in [0, 0.05) is 38.8 Å². The number of aliphatic hydroxyl groups is 1. The van der Waals surface area contributed by atoms with Crippen LogP contribution in [0.3, 0.4) is 0 Å². The zero-order chi connectivity index (χ0) is 14.0. The van der Waals surface area contributed by atoms with E-state index >= 15 is 0 Å². The van der Waals surface area contributed by atoms with Gasteiger partial charge in [0.2, 0.25) is 0 Å². The lowest BCUT2D eigenvalue weighted by atomic mass is 9.92. The number of fused-ring (bicyclic) bond motifs is 1. The molecule has 0 aromatic carbocycles. The van der Waals surface area contributed by atoms with Crippen LogP contribution in [0.1, 0.15) is 33.6 Å². The summed E-state index contributed by atoms with van der Waals surface area (Å²) in [5, 5.41) is 9.24. The van der Waals surface area contributed by atoms with Crippen LogP contribution in [0.15, 0.2) is 0 Å². The van der Waals surface area contributed by atoms with E-state index in [2.05, 4.69) is 4.90 Å². The molecule has 0 radical (unpaired) electrons. The standard InChI is InChI=1S/C14H26N2O3/c1-14(2,3)19-13(18)16-7-6-15-8-11(10-17)4-5-12(15)9-16/h11-12,17H,4-10H2,1-3H3/t11-,12+/m1/s1. The van der Waals surface area contributed by atoms with Gasteiger partial charge in [-0.05, 0) is 39.5 Å². The minimum atomic E-state index is -0.428. The molecule has 19 heavy (non-hydrogen) atoms. The van der Waals surface area contributed by atoms with Crippen LogP contribution in [0.4, 0.5) is 4.79 Å². The van der Waals surface area contributed by atoms with Crippen molar-refractivity contribution < 1.29 is 14.6 Å². The first-order chi connectivity index (χ1) is 8.89. The Balaban J connectivity index is 1.87. The van der Waals surface area contributed by atoms with Gasteiger partial charge in [-0.15, -0.1) is 0 Å². The summed E-state index contributed by atoms with van der Waals surface area (Å²) in [6.45, 7) is 9.30. The van der Waals surface area contributed by atoms with Crippen molar-refractivity contribution in [3.63, 3.8) is 0 Å². The quantitative estimate of drug-likeness (QED) is 0.780. The predicted octanol–water partition coefficient (Wildman–Crippen LogP) is 1.31. The summed E-state index contributed by atoms with van der Waals surface area (Å²) in [7, 11) is 0. The van der Waals surface area contributed by atoms with Crippen molar-refractivity contribution in [3.8, 4) is 0 Å². The van der Waals surface area contributed by atoms with Crippen molar-refractivity contribution in [2.75, 3.05) is 32.8 Å². The number of hydrogen-bond donors (Lipinski definition) is 1. The topological polar surface area (TPSA) is 53.0 Å². The maximum Gasteiger partial charge on any atom is 0.410 e. The van der Waals surface area contributed by atoms with Gasteiger partial charge in [0.15, 0.2) is 0 Å². The number of hydrogen-bond acceptors (Lipinski definition) is 4. The molecule has 0 aromatic heterocycles. The summed E-state index contributed by atoms with van der Waals surface area (Å²) in [5.74, 6) is 0.407. The van der Waals surface area contributed by atoms with Crippen LogP contribution in [0.5, 0.6) is 0 Å². The molecule has 2 aliphatic heterocycles. The summed E-state index contributed by atoms with van der Waals surface area (Å²) in [6.07, 6.45) is 1.92. The molecule has 2 heterocycles. The van der Waals surface area contributed by atoms with E-state index in [1.807, 2.05) is 25.7 Å². The Morgan fingerprint density at radius 3 is 2.63 bits per heavy atom. The number of piperidine rings is 1. The van der Waals surface area contributed by atoms with Crippen LogP contribution in [0, 0.1) is 5.92 Å². The average molecular weight is 270 g/mol. The molecule has 5 heteroatoms. The smallest absolute Gasteiger partial charge is 0.410 e. The van der Waals surface area contributed by atoms with E-state index in [0.717, 1.165) is 39.0 Å². The van der Waals surface area contributed by atoms with Gasteiger partial charge in [0.25, 0.3) is 0 Å². The monoisotopic (exact) mass is 270 g/mol.